The Labute approximate surface area is 216 Å². The fraction of sp³-hybridized carbons (Fsp3) is 0.867. The average Bonchev–Trinajstić information content (AvgIpc) is 3.06. The van der Waals surface area contributed by atoms with Crippen LogP contribution in [0, 0.1) is 58.2 Å². The van der Waals surface area contributed by atoms with E-state index in [-0.39, 0.29) is 52.9 Å². The quantitative estimate of drug-likeness (QED) is 0.384. The van der Waals surface area contributed by atoms with E-state index in [1.54, 1.807) is 0 Å². The highest BCUT2D eigenvalue weighted by Gasteiger charge is 2.69. The third kappa shape index (κ3) is 4.39. The molecule has 4 saturated carbocycles. The smallest absolute Gasteiger partial charge is 0.302 e. The first kappa shape index (κ1) is 27.8. The van der Waals surface area contributed by atoms with Crippen LogP contribution in [0.5, 0.6) is 0 Å². The Morgan fingerprint density at radius 1 is 1.06 bits per heavy atom. The van der Waals surface area contributed by atoms with E-state index in [4.69, 9.17) is 4.74 Å². The van der Waals surface area contributed by atoms with Gasteiger partial charge < -0.3 is 20.1 Å². The number of fused-ring (bicyclic) bond motifs is 5. The van der Waals surface area contributed by atoms with Crippen LogP contribution < -0.4 is 0 Å². The first-order chi connectivity index (χ1) is 16.7. The van der Waals surface area contributed by atoms with Crippen LogP contribution in [0.25, 0.3) is 0 Å². The second-order valence-corrected chi connectivity index (χ2v) is 13.6. The molecule has 36 heavy (non-hydrogen) atoms. The Hall–Kier alpha value is -1.24. The number of hydrogen-bond acceptors (Lipinski definition) is 6. The molecule has 4 aliphatic carbocycles. The predicted molar refractivity (Wildman–Crippen MR) is 138 cm³/mol. The minimum Gasteiger partial charge on any atom is -0.462 e. The number of allylic oxidation sites excluding steroid dienone is 2. The molecule has 0 bridgehead atoms. The molecule has 0 unspecified atom stereocenters. The molecule has 0 aromatic heterocycles. The maximum atomic E-state index is 13.5. The summed E-state index contributed by atoms with van der Waals surface area (Å²) in [4.78, 5) is 25.7. The summed E-state index contributed by atoms with van der Waals surface area (Å²) in [6.07, 6.45) is 4.60. The summed E-state index contributed by atoms with van der Waals surface area (Å²) in [7, 11) is 0. The number of rotatable bonds is 5. The molecule has 4 fully saturated rings. The van der Waals surface area contributed by atoms with Crippen LogP contribution >= 0.6 is 0 Å². The summed E-state index contributed by atoms with van der Waals surface area (Å²) < 4.78 is 5.93. The maximum absolute atomic E-state index is 13.5. The monoisotopic (exact) mass is 504 g/mol. The highest BCUT2D eigenvalue weighted by atomic mass is 16.5. The average molecular weight is 505 g/mol. The Morgan fingerprint density at radius 3 is 2.33 bits per heavy atom. The standard InChI is InChI=1S/C30H48O6/c1-15(2)16(3)8-9-17(4)25-23(36-18(5)31)13-20-24-26(22(33)14-30(20,25)7)29(6)11-10-19(32)12-21(29)27(34)28(24)35/h8-9,15-17,19-26,28,32-33,35H,10-14H2,1-7H3/b9-8+/t16-,17+,19-,20-,21+,22-,23-,24-,25-,26-,28+,29-,30-/m0/s1. The first-order valence-electron chi connectivity index (χ1n) is 14.2. The molecule has 0 aromatic carbocycles. The summed E-state index contributed by atoms with van der Waals surface area (Å²) in [5.41, 5.74) is -0.835. The van der Waals surface area contributed by atoms with Crippen molar-refractivity contribution in [1.82, 2.24) is 0 Å². The van der Waals surface area contributed by atoms with Crippen LogP contribution in [0.4, 0.5) is 0 Å². The lowest BCUT2D eigenvalue weighted by Gasteiger charge is -2.62. The van der Waals surface area contributed by atoms with Gasteiger partial charge >= 0.3 is 5.97 Å². The third-order valence-corrected chi connectivity index (χ3v) is 11.2. The second kappa shape index (κ2) is 9.81. The highest BCUT2D eigenvalue weighted by molar-refractivity contribution is 5.87. The summed E-state index contributed by atoms with van der Waals surface area (Å²) in [6, 6.07) is 0. The minimum atomic E-state index is -1.17. The number of ketones is 1. The molecule has 3 N–H and O–H groups in total. The zero-order valence-corrected chi connectivity index (χ0v) is 23.2. The predicted octanol–water partition coefficient (Wildman–Crippen LogP) is 4.15. The number of ether oxygens (including phenoxy) is 1. The van der Waals surface area contributed by atoms with Crippen LogP contribution in [0.2, 0.25) is 0 Å². The molecule has 0 aliphatic heterocycles. The van der Waals surface area contributed by atoms with Crippen LogP contribution in [0.3, 0.4) is 0 Å². The van der Waals surface area contributed by atoms with Crippen molar-refractivity contribution in [2.24, 2.45) is 58.2 Å². The minimum absolute atomic E-state index is 0.0152. The number of hydrogen-bond donors (Lipinski definition) is 3. The molecule has 0 spiro atoms. The van der Waals surface area contributed by atoms with E-state index in [2.05, 4.69) is 53.7 Å². The van der Waals surface area contributed by atoms with Gasteiger partial charge in [-0.2, -0.15) is 0 Å². The zero-order chi connectivity index (χ0) is 26.7. The van der Waals surface area contributed by atoms with E-state index < -0.39 is 29.6 Å². The van der Waals surface area contributed by atoms with Gasteiger partial charge in [-0.1, -0.05) is 53.7 Å². The van der Waals surface area contributed by atoms with Crippen LogP contribution in [-0.2, 0) is 14.3 Å². The van der Waals surface area contributed by atoms with Crippen molar-refractivity contribution < 1.29 is 29.6 Å². The van der Waals surface area contributed by atoms with Crippen molar-refractivity contribution in [3.8, 4) is 0 Å². The number of carbonyl (C=O) groups is 2. The fourth-order valence-corrected chi connectivity index (χ4v) is 9.12. The molecule has 0 heterocycles. The number of aliphatic hydroxyl groups is 3. The summed E-state index contributed by atoms with van der Waals surface area (Å²) in [5, 5.41) is 33.5. The molecule has 0 aromatic rings. The van der Waals surface area contributed by atoms with Crippen molar-refractivity contribution in [3.05, 3.63) is 12.2 Å². The topological polar surface area (TPSA) is 104 Å². The van der Waals surface area contributed by atoms with Gasteiger partial charge in [0.05, 0.1) is 12.2 Å². The Bertz CT molecular complexity index is 883. The van der Waals surface area contributed by atoms with Crippen LogP contribution in [-0.4, -0.2) is 51.5 Å². The molecule has 4 aliphatic rings. The SMILES string of the molecule is CC(=O)O[C@H]1C[C@H]2[C@H]3[C@H]([C@@H](O)C[C@]2(C)[C@H]1[C@H](C)/C=C/[C@H](C)C(C)C)[C@@]1(C)CC[C@H](O)C[C@@H]1C(=O)[C@@H]3O. The normalized spacial score (nSPS) is 48.3. The lowest BCUT2D eigenvalue weighted by Crippen LogP contribution is -2.66. The zero-order valence-electron chi connectivity index (χ0n) is 23.2. The lowest BCUT2D eigenvalue weighted by atomic mass is 9.42. The Balaban J connectivity index is 1.73. The van der Waals surface area contributed by atoms with Crippen molar-refractivity contribution in [2.45, 2.75) is 105 Å². The van der Waals surface area contributed by atoms with E-state index in [0.29, 0.717) is 43.9 Å². The molecular formula is C30H48O6. The van der Waals surface area contributed by atoms with E-state index in [1.165, 1.54) is 6.92 Å². The number of Topliss-reactive ketones (excluding diaryl/α,β-unsaturated/α-hetero) is 1. The summed E-state index contributed by atoms with van der Waals surface area (Å²) >= 11 is 0. The lowest BCUT2D eigenvalue weighted by molar-refractivity contribution is -0.209. The summed E-state index contributed by atoms with van der Waals surface area (Å²) in [6.45, 7) is 14.5. The maximum Gasteiger partial charge on any atom is 0.302 e. The third-order valence-electron chi connectivity index (χ3n) is 11.2. The van der Waals surface area contributed by atoms with Crippen molar-refractivity contribution in [1.29, 1.82) is 0 Å². The molecule has 4 rings (SSSR count). The van der Waals surface area contributed by atoms with Gasteiger partial charge in [0.2, 0.25) is 0 Å². The van der Waals surface area contributed by atoms with Crippen molar-refractivity contribution in [3.63, 3.8) is 0 Å². The molecule has 0 saturated heterocycles. The summed E-state index contributed by atoms with van der Waals surface area (Å²) in [5.74, 6) is -0.530. The molecule has 6 nitrogen and oxygen atoms in total. The van der Waals surface area contributed by atoms with E-state index in [1.807, 2.05) is 0 Å². The van der Waals surface area contributed by atoms with E-state index in [9.17, 15) is 24.9 Å². The molecule has 13 atom stereocenters. The fourth-order valence-electron chi connectivity index (χ4n) is 9.12. The van der Waals surface area contributed by atoms with Gasteiger partial charge in [0.15, 0.2) is 5.78 Å². The van der Waals surface area contributed by atoms with Gasteiger partial charge in [-0.25, -0.2) is 0 Å². The molecule has 0 radical (unpaired) electrons. The van der Waals surface area contributed by atoms with Crippen molar-refractivity contribution in [2.75, 3.05) is 0 Å². The van der Waals surface area contributed by atoms with E-state index >= 15 is 0 Å². The molecule has 6 heteroatoms. The number of carbonyl (C=O) groups excluding carboxylic acids is 2. The molecule has 204 valence electrons. The van der Waals surface area contributed by atoms with Crippen molar-refractivity contribution >= 4 is 11.8 Å². The van der Waals surface area contributed by atoms with Gasteiger partial charge in [0, 0.05) is 24.7 Å². The molecule has 0 amide bonds. The molecular weight excluding hydrogens is 456 g/mol. The Kier molecular flexibility index (Phi) is 7.57. The number of aliphatic hydroxyl groups excluding tert-OH is 3. The van der Waals surface area contributed by atoms with Gasteiger partial charge in [-0.3, -0.25) is 9.59 Å². The largest absolute Gasteiger partial charge is 0.462 e. The van der Waals surface area contributed by atoms with E-state index in [0.717, 1.165) is 0 Å². The first-order valence-corrected chi connectivity index (χ1v) is 14.2. The van der Waals surface area contributed by atoms with Crippen LogP contribution in [0.15, 0.2) is 12.2 Å². The van der Waals surface area contributed by atoms with Crippen LogP contribution in [0.1, 0.15) is 80.6 Å². The van der Waals surface area contributed by atoms with Gasteiger partial charge in [0.1, 0.15) is 12.2 Å². The second-order valence-electron chi connectivity index (χ2n) is 13.6. The van der Waals surface area contributed by atoms with Gasteiger partial charge in [-0.15, -0.1) is 0 Å². The highest BCUT2D eigenvalue weighted by Crippen LogP contribution is 2.68. The number of esters is 1. The van der Waals surface area contributed by atoms with Gasteiger partial charge in [-0.05, 0) is 72.5 Å². The van der Waals surface area contributed by atoms with Gasteiger partial charge in [0.25, 0.3) is 0 Å². The Morgan fingerprint density at radius 2 is 1.72 bits per heavy atom.